The molecule has 12 heteroatoms. The van der Waals surface area contributed by atoms with Crippen molar-refractivity contribution in [3.63, 3.8) is 0 Å². The van der Waals surface area contributed by atoms with E-state index in [1.54, 1.807) is 12.1 Å². The van der Waals surface area contributed by atoms with Crippen LogP contribution in [-0.4, -0.2) is 51.0 Å². The fourth-order valence-electron chi connectivity index (χ4n) is 1.91. The number of para-hydroxylation sites is 1. The molecule has 1 heterocycles. The predicted octanol–water partition coefficient (Wildman–Crippen LogP) is -0.969. The highest BCUT2D eigenvalue weighted by atomic mass is 32.2. The molecule has 25 heavy (non-hydrogen) atoms. The maximum Gasteiger partial charge on any atom is 0.384 e. The molecule has 0 aliphatic heterocycles. The van der Waals surface area contributed by atoms with Gasteiger partial charge in [0.05, 0.1) is 14.2 Å². The molecule has 0 aliphatic carbocycles. The average Bonchev–Trinajstić information content (AvgIpc) is 2.93. The fourth-order valence-corrected chi connectivity index (χ4v) is 2.98. The molecule has 11 nitrogen and oxygen atoms in total. The second-order valence-electron chi connectivity index (χ2n) is 4.52. The van der Waals surface area contributed by atoms with Gasteiger partial charge in [-0.1, -0.05) is 16.9 Å². The number of hydrogen-bond donors (Lipinski definition) is 1. The number of ether oxygens (including phenoxy) is 3. The van der Waals surface area contributed by atoms with E-state index < -0.39 is 15.7 Å². The Bertz CT molecular complexity index is 875. The second-order valence-corrected chi connectivity index (χ2v) is 6.26. The van der Waals surface area contributed by atoms with Gasteiger partial charge in [-0.15, -0.1) is 5.10 Å². The van der Waals surface area contributed by atoms with E-state index in [-0.39, 0.29) is 30.1 Å². The molecule has 1 aromatic heterocycles. The van der Waals surface area contributed by atoms with Crippen LogP contribution in [0.3, 0.4) is 0 Å². The summed E-state index contributed by atoms with van der Waals surface area (Å²) in [7, 11) is 0.129. The van der Waals surface area contributed by atoms with Gasteiger partial charge in [0.25, 0.3) is 0 Å². The minimum Gasteiger partial charge on any atom is -0.495 e. The largest absolute Gasteiger partial charge is 0.495 e. The van der Waals surface area contributed by atoms with Crippen molar-refractivity contribution in [3.05, 3.63) is 34.7 Å². The van der Waals surface area contributed by atoms with Gasteiger partial charge in [-0.25, -0.2) is 13.2 Å². The molecular formula is C13H18N4O7S. The Morgan fingerprint density at radius 3 is 2.48 bits per heavy atom. The lowest BCUT2D eigenvalue weighted by Gasteiger charge is -2.10. The molecule has 138 valence electrons. The number of benzene rings is 1. The summed E-state index contributed by atoms with van der Waals surface area (Å²) in [6.07, 6.45) is 0. The van der Waals surface area contributed by atoms with E-state index in [4.69, 9.17) is 19.0 Å². The minimum absolute atomic E-state index is 0.0244. The zero-order valence-corrected chi connectivity index (χ0v) is 14.6. The van der Waals surface area contributed by atoms with E-state index >= 15 is 0 Å². The SMILES string of the molecule is COc1ccccc1S(=O)(=O)NCOCn1nc(OC)n(OC)c1=O. The third-order valence-electron chi connectivity index (χ3n) is 3.06. The highest BCUT2D eigenvalue weighted by Crippen LogP contribution is 2.22. The van der Waals surface area contributed by atoms with E-state index in [2.05, 4.69) is 9.82 Å². The van der Waals surface area contributed by atoms with Crippen LogP contribution in [0.15, 0.2) is 34.0 Å². The number of nitrogens with one attached hydrogen (secondary N) is 1. The number of sulfonamides is 1. The maximum atomic E-state index is 12.2. The minimum atomic E-state index is -3.84. The molecule has 0 radical (unpaired) electrons. The van der Waals surface area contributed by atoms with Crippen molar-refractivity contribution in [1.82, 2.24) is 19.2 Å². The summed E-state index contributed by atoms with van der Waals surface area (Å²) in [6.45, 7) is -0.686. The van der Waals surface area contributed by atoms with Gasteiger partial charge in [0.15, 0.2) is 0 Å². The van der Waals surface area contributed by atoms with E-state index in [1.807, 2.05) is 0 Å². The van der Waals surface area contributed by atoms with E-state index in [0.29, 0.717) is 0 Å². The van der Waals surface area contributed by atoms with E-state index in [1.165, 1.54) is 33.5 Å². The van der Waals surface area contributed by atoms with Crippen LogP contribution in [0.4, 0.5) is 0 Å². The monoisotopic (exact) mass is 374 g/mol. The Morgan fingerprint density at radius 1 is 1.16 bits per heavy atom. The van der Waals surface area contributed by atoms with Crippen LogP contribution in [0, 0.1) is 0 Å². The lowest BCUT2D eigenvalue weighted by molar-refractivity contribution is 0.0602. The first kappa shape index (κ1) is 18.8. The smallest absolute Gasteiger partial charge is 0.384 e. The molecule has 2 rings (SSSR count). The van der Waals surface area contributed by atoms with Crippen LogP contribution in [0.2, 0.25) is 0 Å². The van der Waals surface area contributed by atoms with Crippen LogP contribution >= 0.6 is 0 Å². The lowest BCUT2D eigenvalue weighted by Crippen LogP contribution is -2.31. The third-order valence-corrected chi connectivity index (χ3v) is 4.48. The van der Waals surface area contributed by atoms with Crippen molar-refractivity contribution < 1.29 is 27.5 Å². The quantitative estimate of drug-likeness (QED) is 0.439. The highest BCUT2D eigenvalue weighted by Gasteiger charge is 2.19. The molecule has 0 fully saturated rings. The van der Waals surface area contributed by atoms with Gasteiger partial charge >= 0.3 is 11.7 Å². The Labute approximate surface area is 143 Å². The van der Waals surface area contributed by atoms with Crippen molar-refractivity contribution in [2.75, 3.05) is 28.1 Å². The Balaban J connectivity index is 1.99. The summed E-state index contributed by atoms with van der Waals surface area (Å²) in [4.78, 5) is 16.7. The van der Waals surface area contributed by atoms with Crippen molar-refractivity contribution in [3.8, 4) is 11.8 Å². The molecule has 2 aromatic rings. The molecule has 0 saturated heterocycles. The van der Waals surface area contributed by atoms with Gasteiger partial charge in [0.2, 0.25) is 10.0 Å². The first-order valence-electron chi connectivity index (χ1n) is 6.93. The number of methoxy groups -OCH3 is 2. The van der Waals surface area contributed by atoms with Crippen LogP contribution in [-0.2, 0) is 21.5 Å². The Morgan fingerprint density at radius 2 is 1.88 bits per heavy atom. The molecule has 0 aliphatic rings. The van der Waals surface area contributed by atoms with E-state index in [9.17, 15) is 13.2 Å². The number of rotatable bonds is 9. The molecule has 0 unspecified atom stereocenters. The molecule has 0 saturated carbocycles. The molecule has 0 spiro atoms. The summed E-state index contributed by atoms with van der Waals surface area (Å²) in [6, 6.07) is 6.09. The van der Waals surface area contributed by atoms with Gasteiger partial charge in [0.1, 0.15) is 31.2 Å². The van der Waals surface area contributed by atoms with Crippen molar-refractivity contribution >= 4 is 10.0 Å². The van der Waals surface area contributed by atoms with Gasteiger partial charge < -0.3 is 19.0 Å². The number of hydrogen-bond acceptors (Lipinski definition) is 8. The Hall–Kier alpha value is -2.57. The van der Waals surface area contributed by atoms with Crippen LogP contribution < -0.4 is 24.7 Å². The zero-order chi connectivity index (χ0) is 18.4. The number of nitrogens with zero attached hydrogens (tertiary/aromatic N) is 3. The van der Waals surface area contributed by atoms with Crippen LogP contribution in [0.1, 0.15) is 0 Å². The van der Waals surface area contributed by atoms with Crippen molar-refractivity contribution in [2.24, 2.45) is 0 Å². The van der Waals surface area contributed by atoms with Crippen LogP contribution in [0.25, 0.3) is 0 Å². The summed E-state index contributed by atoms with van der Waals surface area (Å²) in [5.41, 5.74) is -0.632. The summed E-state index contributed by atoms with van der Waals surface area (Å²) in [5, 5.41) is 3.82. The van der Waals surface area contributed by atoms with E-state index in [0.717, 1.165) is 9.41 Å². The molecule has 0 bridgehead atoms. The van der Waals surface area contributed by atoms with Crippen molar-refractivity contribution in [2.45, 2.75) is 11.6 Å². The van der Waals surface area contributed by atoms with Gasteiger partial charge in [-0.3, -0.25) is 0 Å². The molecule has 0 amide bonds. The summed E-state index contributed by atoms with van der Waals surface area (Å²) < 4.78 is 43.5. The molecule has 0 atom stereocenters. The number of aromatic nitrogens is 3. The van der Waals surface area contributed by atoms with Gasteiger partial charge in [-0.05, 0) is 12.1 Å². The first-order chi connectivity index (χ1) is 11.9. The topological polar surface area (TPSA) is 123 Å². The average molecular weight is 374 g/mol. The predicted molar refractivity (Wildman–Crippen MR) is 84.8 cm³/mol. The molecular weight excluding hydrogens is 356 g/mol. The second kappa shape index (κ2) is 8.00. The molecule has 1 N–H and O–H groups in total. The summed E-state index contributed by atoms with van der Waals surface area (Å²) in [5.74, 6) is 0.204. The standard InChI is InChI=1S/C13H18N4O7S/c1-21-10-6-4-5-7-11(10)25(19,20)14-8-24-9-16-13(18)17(23-3)12(15-16)22-2/h4-7,14H,8-9H2,1-3H3. The fraction of sp³-hybridized carbons (Fsp3) is 0.385. The maximum absolute atomic E-state index is 12.2. The zero-order valence-electron chi connectivity index (χ0n) is 13.8. The Kier molecular flexibility index (Phi) is 6.01. The molecule has 1 aromatic carbocycles. The summed E-state index contributed by atoms with van der Waals surface area (Å²) >= 11 is 0. The lowest BCUT2D eigenvalue weighted by atomic mass is 10.3. The van der Waals surface area contributed by atoms with Crippen molar-refractivity contribution in [1.29, 1.82) is 0 Å². The third kappa shape index (κ3) is 4.10. The van der Waals surface area contributed by atoms with Gasteiger partial charge in [-0.2, -0.15) is 9.40 Å². The highest BCUT2D eigenvalue weighted by molar-refractivity contribution is 7.89. The van der Waals surface area contributed by atoms with Gasteiger partial charge in [0, 0.05) is 0 Å². The first-order valence-corrected chi connectivity index (χ1v) is 8.41. The normalized spacial score (nSPS) is 11.3. The van der Waals surface area contributed by atoms with Crippen LogP contribution in [0.5, 0.6) is 11.8 Å².